The highest BCUT2D eigenvalue weighted by Gasteiger charge is 2.20. The van der Waals surface area contributed by atoms with Crippen LogP contribution in [0.25, 0.3) is 0 Å². The Morgan fingerprint density at radius 2 is 1.94 bits per heavy atom. The molecule has 2 aliphatic rings. The quantitative estimate of drug-likeness (QED) is 0.710. The molecule has 0 bridgehead atoms. The number of ether oxygens (including phenoxy) is 2. The minimum atomic E-state index is 0.444. The fourth-order valence-corrected chi connectivity index (χ4v) is 2.98. The summed E-state index contributed by atoms with van der Waals surface area (Å²) in [6.07, 6.45) is 11.7. The third kappa shape index (κ3) is 5.25. The minimum absolute atomic E-state index is 0.444. The highest BCUT2D eigenvalue weighted by atomic mass is 16.5. The standard InChI is InChI=1S/C15H29NO2/c1-13-8-9-15(18-13)12-16-10-5-11-17-14-6-3-2-4-7-14/h13-16H,2-12H2,1H3. The van der Waals surface area contributed by atoms with Crippen molar-refractivity contribution in [1.29, 1.82) is 0 Å². The van der Waals surface area contributed by atoms with Gasteiger partial charge in [-0.25, -0.2) is 0 Å². The van der Waals surface area contributed by atoms with E-state index >= 15 is 0 Å². The molecule has 2 unspecified atom stereocenters. The summed E-state index contributed by atoms with van der Waals surface area (Å²) in [6.45, 7) is 5.15. The Labute approximate surface area is 112 Å². The molecular weight excluding hydrogens is 226 g/mol. The molecule has 1 heterocycles. The zero-order valence-corrected chi connectivity index (χ0v) is 11.8. The van der Waals surface area contributed by atoms with Gasteiger partial charge < -0.3 is 14.8 Å². The monoisotopic (exact) mass is 255 g/mol. The van der Waals surface area contributed by atoms with Crippen LogP contribution < -0.4 is 5.32 Å². The van der Waals surface area contributed by atoms with Gasteiger partial charge in [-0.1, -0.05) is 19.3 Å². The van der Waals surface area contributed by atoms with Crippen LogP contribution in [0.15, 0.2) is 0 Å². The molecule has 1 aliphatic carbocycles. The molecule has 1 saturated carbocycles. The Morgan fingerprint density at radius 3 is 2.67 bits per heavy atom. The van der Waals surface area contributed by atoms with Gasteiger partial charge in [-0.05, 0) is 45.6 Å². The molecular formula is C15H29NO2. The molecule has 0 aromatic rings. The van der Waals surface area contributed by atoms with Crippen LogP contribution in [-0.4, -0.2) is 38.0 Å². The molecule has 0 radical (unpaired) electrons. The Balaban J connectivity index is 1.39. The summed E-state index contributed by atoms with van der Waals surface area (Å²) in [5.74, 6) is 0. The first-order valence-corrected chi connectivity index (χ1v) is 7.82. The lowest BCUT2D eigenvalue weighted by Crippen LogP contribution is -2.28. The predicted octanol–water partition coefficient (Wildman–Crippen LogP) is 2.88. The van der Waals surface area contributed by atoms with E-state index < -0.39 is 0 Å². The van der Waals surface area contributed by atoms with Gasteiger partial charge in [0.15, 0.2) is 0 Å². The highest BCUT2D eigenvalue weighted by Crippen LogP contribution is 2.20. The van der Waals surface area contributed by atoms with Gasteiger partial charge in [0.2, 0.25) is 0 Å². The summed E-state index contributed by atoms with van der Waals surface area (Å²) in [4.78, 5) is 0. The SMILES string of the molecule is CC1CCC(CNCCCOC2CCCCC2)O1. The van der Waals surface area contributed by atoms with Crippen molar-refractivity contribution in [2.75, 3.05) is 19.7 Å². The van der Waals surface area contributed by atoms with Gasteiger partial charge in [-0.15, -0.1) is 0 Å². The van der Waals surface area contributed by atoms with Gasteiger partial charge in [0.25, 0.3) is 0 Å². The molecule has 0 aromatic heterocycles. The smallest absolute Gasteiger partial charge is 0.0704 e. The lowest BCUT2D eigenvalue weighted by atomic mass is 9.98. The van der Waals surface area contributed by atoms with E-state index in [4.69, 9.17) is 9.47 Å². The van der Waals surface area contributed by atoms with Crippen molar-refractivity contribution in [1.82, 2.24) is 5.32 Å². The van der Waals surface area contributed by atoms with Crippen molar-refractivity contribution >= 4 is 0 Å². The molecule has 1 aliphatic heterocycles. The first kappa shape index (κ1) is 14.3. The average Bonchev–Trinajstić information content (AvgIpc) is 2.81. The fraction of sp³-hybridized carbons (Fsp3) is 1.00. The van der Waals surface area contributed by atoms with Crippen LogP contribution in [0.2, 0.25) is 0 Å². The lowest BCUT2D eigenvalue weighted by Gasteiger charge is -2.22. The largest absolute Gasteiger partial charge is 0.378 e. The van der Waals surface area contributed by atoms with Gasteiger partial charge in [-0.3, -0.25) is 0 Å². The van der Waals surface area contributed by atoms with E-state index in [1.165, 1.54) is 44.9 Å². The summed E-state index contributed by atoms with van der Waals surface area (Å²) >= 11 is 0. The molecule has 106 valence electrons. The van der Waals surface area contributed by atoms with Crippen LogP contribution in [-0.2, 0) is 9.47 Å². The van der Waals surface area contributed by atoms with E-state index in [0.29, 0.717) is 18.3 Å². The molecule has 0 amide bonds. The van der Waals surface area contributed by atoms with E-state index in [-0.39, 0.29) is 0 Å². The number of nitrogens with one attached hydrogen (secondary N) is 1. The molecule has 3 nitrogen and oxygen atoms in total. The maximum atomic E-state index is 5.90. The van der Waals surface area contributed by atoms with Crippen LogP contribution in [0.5, 0.6) is 0 Å². The first-order chi connectivity index (χ1) is 8.84. The summed E-state index contributed by atoms with van der Waals surface area (Å²) in [7, 11) is 0. The predicted molar refractivity (Wildman–Crippen MR) is 73.9 cm³/mol. The average molecular weight is 255 g/mol. The van der Waals surface area contributed by atoms with Crippen molar-refractivity contribution in [2.24, 2.45) is 0 Å². The topological polar surface area (TPSA) is 30.5 Å². The molecule has 1 N–H and O–H groups in total. The second kappa shape index (κ2) is 8.13. The maximum Gasteiger partial charge on any atom is 0.0704 e. The van der Waals surface area contributed by atoms with Crippen molar-refractivity contribution in [3.05, 3.63) is 0 Å². The van der Waals surface area contributed by atoms with Crippen molar-refractivity contribution in [2.45, 2.75) is 76.6 Å². The molecule has 2 atom stereocenters. The Kier molecular flexibility index (Phi) is 6.46. The third-order valence-electron chi connectivity index (χ3n) is 4.10. The van der Waals surface area contributed by atoms with E-state index in [2.05, 4.69) is 12.2 Å². The van der Waals surface area contributed by atoms with Crippen LogP contribution in [0, 0.1) is 0 Å². The van der Waals surface area contributed by atoms with Crippen LogP contribution in [0.3, 0.4) is 0 Å². The van der Waals surface area contributed by atoms with Gasteiger partial charge in [0, 0.05) is 13.2 Å². The summed E-state index contributed by atoms with van der Waals surface area (Å²) in [5.41, 5.74) is 0. The first-order valence-electron chi connectivity index (χ1n) is 7.82. The number of hydrogen-bond acceptors (Lipinski definition) is 3. The fourth-order valence-electron chi connectivity index (χ4n) is 2.98. The lowest BCUT2D eigenvalue weighted by molar-refractivity contribution is 0.0261. The van der Waals surface area contributed by atoms with Crippen molar-refractivity contribution < 1.29 is 9.47 Å². The third-order valence-corrected chi connectivity index (χ3v) is 4.10. The minimum Gasteiger partial charge on any atom is -0.378 e. The normalized spacial score (nSPS) is 29.8. The van der Waals surface area contributed by atoms with E-state index in [0.717, 1.165) is 26.1 Å². The molecule has 0 spiro atoms. The van der Waals surface area contributed by atoms with Crippen molar-refractivity contribution in [3.63, 3.8) is 0 Å². The summed E-state index contributed by atoms with van der Waals surface area (Å²) in [6, 6.07) is 0. The molecule has 2 rings (SSSR count). The van der Waals surface area contributed by atoms with Gasteiger partial charge in [0.05, 0.1) is 18.3 Å². The number of rotatable bonds is 7. The molecule has 18 heavy (non-hydrogen) atoms. The van der Waals surface area contributed by atoms with Crippen molar-refractivity contribution in [3.8, 4) is 0 Å². The molecule has 0 aromatic carbocycles. The van der Waals surface area contributed by atoms with E-state index in [1.54, 1.807) is 0 Å². The van der Waals surface area contributed by atoms with E-state index in [9.17, 15) is 0 Å². The van der Waals surface area contributed by atoms with E-state index in [1.807, 2.05) is 0 Å². The van der Waals surface area contributed by atoms with Gasteiger partial charge in [0.1, 0.15) is 0 Å². The highest BCUT2D eigenvalue weighted by molar-refractivity contribution is 4.72. The maximum absolute atomic E-state index is 5.90. The van der Waals surface area contributed by atoms with Gasteiger partial charge in [-0.2, -0.15) is 0 Å². The number of hydrogen-bond donors (Lipinski definition) is 1. The van der Waals surface area contributed by atoms with Crippen LogP contribution >= 0.6 is 0 Å². The molecule has 3 heteroatoms. The zero-order valence-electron chi connectivity index (χ0n) is 11.8. The van der Waals surface area contributed by atoms with Crippen LogP contribution in [0.4, 0.5) is 0 Å². The Morgan fingerprint density at radius 1 is 1.11 bits per heavy atom. The summed E-state index contributed by atoms with van der Waals surface area (Å²) < 4.78 is 11.7. The van der Waals surface area contributed by atoms with Crippen LogP contribution in [0.1, 0.15) is 58.3 Å². The second-order valence-corrected chi connectivity index (χ2v) is 5.83. The Hall–Kier alpha value is -0.120. The summed E-state index contributed by atoms with van der Waals surface area (Å²) in [5, 5.41) is 3.48. The molecule has 2 fully saturated rings. The zero-order chi connectivity index (χ0) is 12.6. The molecule has 1 saturated heterocycles. The second-order valence-electron chi connectivity index (χ2n) is 5.83. The van der Waals surface area contributed by atoms with Gasteiger partial charge >= 0.3 is 0 Å². The Bertz CT molecular complexity index is 208.